The van der Waals surface area contributed by atoms with E-state index in [0.29, 0.717) is 5.75 Å². The summed E-state index contributed by atoms with van der Waals surface area (Å²) in [5, 5.41) is 7.83. The molecule has 0 saturated heterocycles. The van der Waals surface area contributed by atoms with Crippen LogP contribution in [0.15, 0.2) is 73.2 Å². The maximum atomic E-state index is 14.8. The van der Waals surface area contributed by atoms with Crippen molar-refractivity contribution in [3.05, 3.63) is 95.7 Å². The van der Waals surface area contributed by atoms with E-state index in [2.05, 4.69) is 60.2 Å². The second kappa shape index (κ2) is 7.47. The Balaban J connectivity index is 1.58. The van der Waals surface area contributed by atoms with Crippen molar-refractivity contribution in [3.63, 3.8) is 0 Å². The smallest absolute Gasteiger partial charge is 0.214 e. The Bertz CT molecular complexity index is 1100. The summed E-state index contributed by atoms with van der Waals surface area (Å²) in [6.45, 7) is 6.44. The zero-order valence-electron chi connectivity index (χ0n) is 16.5. The number of benzene rings is 2. The molecule has 0 saturated carbocycles. The van der Waals surface area contributed by atoms with Gasteiger partial charge in [-0.2, -0.15) is 14.6 Å². The van der Waals surface area contributed by atoms with Crippen molar-refractivity contribution >= 4 is 0 Å². The molecule has 5 nitrogen and oxygen atoms in total. The van der Waals surface area contributed by atoms with E-state index < -0.39 is 5.82 Å². The molecule has 4 aromatic rings. The molecule has 6 heteroatoms. The fraction of sp³-hybridized carbons (Fsp3) is 0.174. The Morgan fingerprint density at radius 1 is 0.828 bits per heavy atom. The van der Waals surface area contributed by atoms with Crippen LogP contribution < -0.4 is 4.74 Å². The number of aromatic nitrogens is 4. The van der Waals surface area contributed by atoms with Gasteiger partial charge in [0.05, 0.1) is 12.4 Å². The second-order valence-corrected chi connectivity index (χ2v) is 7.38. The molecule has 0 amide bonds. The molecule has 0 radical (unpaired) electrons. The van der Waals surface area contributed by atoms with Crippen LogP contribution in [0.25, 0.3) is 5.82 Å². The summed E-state index contributed by atoms with van der Waals surface area (Å²) in [7, 11) is 0. The van der Waals surface area contributed by atoms with Crippen LogP contribution in [0.5, 0.6) is 11.5 Å². The lowest BCUT2D eigenvalue weighted by molar-refractivity contribution is 0.434. The molecule has 2 aromatic carbocycles. The van der Waals surface area contributed by atoms with Gasteiger partial charge in [0.15, 0.2) is 5.75 Å². The number of nitrogens with zero attached hydrogens (tertiary/aromatic N) is 4. The Labute approximate surface area is 168 Å². The van der Waals surface area contributed by atoms with Gasteiger partial charge in [-0.1, -0.05) is 55.8 Å². The average molecular weight is 388 g/mol. The summed E-state index contributed by atoms with van der Waals surface area (Å²) in [5.41, 5.74) is 3.45. The number of rotatable bonds is 5. The normalized spacial score (nSPS) is 11.4. The van der Waals surface area contributed by atoms with E-state index in [1.807, 2.05) is 24.3 Å². The summed E-state index contributed by atoms with van der Waals surface area (Å²) in [6.07, 6.45) is 4.39. The van der Waals surface area contributed by atoms with Crippen molar-refractivity contribution in [2.24, 2.45) is 0 Å². The third-order valence-electron chi connectivity index (χ3n) is 5.02. The first-order valence-electron chi connectivity index (χ1n) is 9.32. The lowest BCUT2D eigenvalue weighted by atomic mass is 9.78. The first-order valence-corrected chi connectivity index (χ1v) is 9.32. The second-order valence-electron chi connectivity index (χ2n) is 7.38. The SMILES string of the molecule is Cc1ccc(C(C)(C)c2ccc(Oc3ccnc(-n4nccn4)c3F)cc2)cc1. The van der Waals surface area contributed by atoms with Gasteiger partial charge in [-0.15, -0.1) is 4.80 Å². The molecule has 0 spiro atoms. The van der Waals surface area contributed by atoms with E-state index in [9.17, 15) is 4.39 Å². The van der Waals surface area contributed by atoms with E-state index in [-0.39, 0.29) is 17.0 Å². The average Bonchev–Trinajstić information content (AvgIpc) is 3.25. The van der Waals surface area contributed by atoms with Crippen molar-refractivity contribution < 1.29 is 9.13 Å². The molecule has 146 valence electrons. The third-order valence-corrected chi connectivity index (χ3v) is 5.02. The summed E-state index contributed by atoms with van der Waals surface area (Å²) in [5.74, 6) is -0.0202. The number of halogens is 1. The van der Waals surface area contributed by atoms with Gasteiger partial charge in [-0.25, -0.2) is 4.98 Å². The van der Waals surface area contributed by atoms with E-state index in [4.69, 9.17) is 4.74 Å². The lowest BCUT2D eigenvalue weighted by Gasteiger charge is -2.26. The van der Waals surface area contributed by atoms with Crippen molar-refractivity contribution in [3.8, 4) is 17.3 Å². The van der Waals surface area contributed by atoms with Gasteiger partial charge in [-0.3, -0.25) is 0 Å². The van der Waals surface area contributed by atoms with E-state index in [1.165, 1.54) is 35.8 Å². The minimum atomic E-state index is -0.618. The summed E-state index contributed by atoms with van der Waals surface area (Å²) < 4.78 is 20.5. The van der Waals surface area contributed by atoms with Gasteiger partial charge in [0, 0.05) is 17.7 Å². The van der Waals surface area contributed by atoms with Crippen LogP contribution in [0.3, 0.4) is 0 Å². The molecule has 2 aromatic heterocycles. The Hall–Kier alpha value is -3.54. The van der Waals surface area contributed by atoms with Crippen molar-refractivity contribution in [2.45, 2.75) is 26.2 Å². The van der Waals surface area contributed by atoms with Crippen molar-refractivity contribution in [1.82, 2.24) is 20.0 Å². The maximum Gasteiger partial charge on any atom is 0.214 e. The highest BCUT2D eigenvalue weighted by molar-refractivity contribution is 5.42. The molecule has 0 aliphatic rings. The monoisotopic (exact) mass is 388 g/mol. The van der Waals surface area contributed by atoms with E-state index in [0.717, 1.165) is 10.4 Å². The molecule has 0 unspecified atom stereocenters. The predicted octanol–water partition coefficient (Wildman–Crippen LogP) is 5.23. The number of pyridine rings is 1. The molecular weight excluding hydrogens is 367 g/mol. The van der Waals surface area contributed by atoms with Crippen LogP contribution in [0.2, 0.25) is 0 Å². The molecule has 2 heterocycles. The quantitative estimate of drug-likeness (QED) is 0.470. The van der Waals surface area contributed by atoms with Crippen LogP contribution in [-0.4, -0.2) is 20.0 Å². The van der Waals surface area contributed by atoms with Crippen LogP contribution >= 0.6 is 0 Å². The Morgan fingerprint density at radius 2 is 1.41 bits per heavy atom. The first kappa shape index (κ1) is 18.8. The lowest BCUT2D eigenvalue weighted by Crippen LogP contribution is -2.18. The molecule has 0 aliphatic heterocycles. The molecule has 0 bridgehead atoms. The predicted molar refractivity (Wildman–Crippen MR) is 109 cm³/mol. The third kappa shape index (κ3) is 3.74. The molecule has 0 aliphatic carbocycles. The Kier molecular flexibility index (Phi) is 4.84. The minimum absolute atomic E-state index is 0.00961. The zero-order valence-corrected chi connectivity index (χ0v) is 16.5. The van der Waals surface area contributed by atoms with Gasteiger partial charge in [0.25, 0.3) is 0 Å². The van der Waals surface area contributed by atoms with Gasteiger partial charge in [-0.05, 0) is 30.2 Å². The van der Waals surface area contributed by atoms with Gasteiger partial charge in [0.1, 0.15) is 5.75 Å². The highest BCUT2D eigenvalue weighted by Gasteiger charge is 2.23. The largest absolute Gasteiger partial charge is 0.454 e. The van der Waals surface area contributed by atoms with Crippen molar-refractivity contribution in [2.75, 3.05) is 0 Å². The fourth-order valence-electron chi connectivity index (χ4n) is 3.16. The maximum absolute atomic E-state index is 14.8. The van der Waals surface area contributed by atoms with Crippen LogP contribution in [0.1, 0.15) is 30.5 Å². The van der Waals surface area contributed by atoms with Crippen LogP contribution in [0, 0.1) is 12.7 Å². The number of aryl methyl sites for hydroxylation is 1. The number of hydrogen-bond acceptors (Lipinski definition) is 4. The topological polar surface area (TPSA) is 52.8 Å². The summed E-state index contributed by atoms with van der Waals surface area (Å²) >= 11 is 0. The summed E-state index contributed by atoms with van der Waals surface area (Å²) in [6, 6.07) is 17.7. The number of ether oxygens (including phenoxy) is 1. The molecule has 0 atom stereocenters. The number of hydrogen-bond donors (Lipinski definition) is 0. The van der Waals surface area contributed by atoms with Crippen molar-refractivity contribution in [1.29, 1.82) is 0 Å². The zero-order chi connectivity index (χ0) is 20.4. The van der Waals surface area contributed by atoms with E-state index >= 15 is 0 Å². The van der Waals surface area contributed by atoms with Crippen LogP contribution in [0.4, 0.5) is 4.39 Å². The molecule has 4 rings (SSSR count). The van der Waals surface area contributed by atoms with Gasteiger partial charge in [0.2, 0.25) is 11.6 Å². The van der Waals surface area contributed by atoms with Gasteiger partial charge < -0.3 is 4.74 Å². The standard InChI is InChI=1S/C23H21FN4O/c1-16-4-6-17(7-5-16)23(2,3)18-8-10-19(11-9-18)29-20-12-13-25-22(21(20)24)28-26-14-15-27-28/h4-15H,1-3H3. The fourth-order valence-corrected chi connectivity index (χ4v) is 3.16. The summed E-state index contributed by atoms with van der Waals surface area (Å²) in [4.78, 5) is 5.11. The molecule has 29 heavy (non-hydrogen) atoms. The molecular formula is C23H21FN4O. The van der Waals surface area contributed by atoms with E-state index in [1.54, 1.807) is 0 Å². The molecule has 0 fully saturated rings. The minimum Gasteiger partial charge on any atom is -0.454 e. The highest BCUT2D eigenvalue weighted by atomic mass is 19.1. The molecule has 0 N–H and O–H groups in total. The van der Waals surface area contributed by atoms with Crippen LogP contribution in [-0.2, 0) is 5.41 Å². The highest BCUT2D eigenvalue weighted by Crippen LogP contribution is 2.34. The Morgan fingerprint density at radius 3 is 2.03 bits per heavy atom. The first-order chi connectivity index (χ1) is 13.9. The van der Waals surface area contributed by atoms with Gasteiger partial charge >= 0.3 is 0 Å².